The molecule has 1 aliphatic heterocycles. The number of hydrogen-bond donors (Lipinski definition) is 2. The lowest BCUT2D eigenvalue weighted by Crippen LogP contribution is -2.16. The predicted octanol–water partition coefficient (Wildman–Crippen LogP) is 35.9. The summed E-state index contributed by atoms with van der Waals surface area (Å²) in [6, 6.07) is 40.9. The van der Waals surface area contributed by atoms with Crippen molar-refractivity contribution < 1.29 is 19.7 Å². The van der Waals surface area contributed by atoms with Crippen LogP contribution in [0.25, 0.3) is 67.7 Å². The van der Waals surface area contributed by atoms with E-state index in [9.17, 15) is 0 Å². The fourth-order valence-electron chi connectivity index (χ4n) is 9.49. The van der Waals surface area contributed by atoms with E-state index in [0.29, 0.717) is 50.2 Å². The van der Waals surface area contributed by atoms with Crippen LogP contribution in [-0.4, -0.2) is 133 Å². The van der Waals surface area contributed by atoms with Gasteiger partial charge in [0.15, 0.2) is 126 Å². The molecule has 0 spiro atoms. The van der Waals surface area contributed by atoms with Crippen LogP contribution in [0.1, 0.15) is 92.9 Å². The minimum atomic E-state index is -1.90. The van der Waals surface area contributed by atoms with Crippen LogP contribution in [0.3, 0.4) is 0 Å². The predicted molar refractivity (Wildman–Crippen MR) is 604 cm³/mol. The number of rotatable bonds is 6. The molecule has 0 amide bonds. The monoisotopic (exact) mass is 2890 g/mol. The summed E-state index contributed by atoms with van der Waals surface area (Å²) >= 11 is 262. The average Bonchev–Trinajstić information content (AvgIpc) is 1.42. The zero-order chi connectivity index (χ0) is 110. The highest BCUT2D eigenvalue weighted by Crippen LogP contribution is 2.50. The molecule has 0 saturated heterocycles. The van der Waals surface area contributed by atoms with Crippen LogP contribution in [0.5, 0.6) is 11.5 Å². The molecule has 6 aromatic carbocycles. The second-order valence-corrected chi connectivity index (χ2v) is 60.1. The molecular weight excluding hydrogens is 2880 g/mol. The molecule has 71 heteroatoms. The topological polar surface area (TPSA) is 330 Å². The molecule has 13 aromatic rings. The van der Waals surface area contributed by atoms with E-state index in [1.807, 2.05) is 60.7 Å². The van der Waals surface area contributed by atoms with Crippen LogP contribution >= 0.6 is 534 Å². The SMILES string of the molecule is CO.Cc1nc(C(Cl)(Cl)Cl)nc(C(Cl)(Cl)Cl)n1.ClC(Cl)(Cl)c1nc(-c2ccc3c(c2)OCO3)nc(C(Cl)(Cl)Cl)n1.ClC(Cl)(Cl)c1nc(-c2cccc3ccccc23)nc(C(Cl)(Cl)Cl)n1.ClC(Cl)(Cl)c1nc(-c2ccccc2)nc(C(Cl)(Cl)Cl)n1.ClC(Cl)(Cl)c1ncnc(C(Cl)(Cl)Cl)n1.ClC(Cl)Cl.Clc1ccc(-c2nc(C(Cl)(Cl)Cl)nc(C(Cl)(Cl)Cl)n2)cc1.OCc1ccc(-c2nc(C(Cl)(Cl)Cl)nc(C(Cl)(Cl)Cl)n2)cc1. The fraction of sp³-hybridized carbons (Fsp3) is 0.257. The molecule has 145 heavy (non-hydrogen) atoms. The van der Waals surface area contributed by atoms with Crippen LogP contribution in [0, 0.1) is 6.92 Å². The van der Waals surface area contributed by atoms with Crippen molar-refractivity contribution in [2.24, 2.45) is 0 Å². The molecule has 784 valence electrons. The van der Waals surface area contributed by atoms with Gasteiger partial charge in [0.2, 0.25) is 59.9 Å². The summed E-state index contributed by atoms with van der Waals surface area (Å²) in [7, 11) is 1.00. The van der Waals surface area contributed by atoms with Crippen LogP contribution in [0.4, 0.5) is 0 Å². The lowest BCUT2D eigenvalue weighted by Gasteiger charge is -2.16. The molecule has 0 unspecified atom stereocenters. The third kappa shape index (κ3) is 45.2. The van der Waals surface area contributed by atoms with Crippen molar-refractivity contribution >= 4 is 544 Å². The zero-order valence-corrected chi connectivity index (χ0v) is 104. The molecule has 0 saturated carbocycles. The Balaban J connectivity index is 0.000000258. The first-order valence-electron chi connectivity index (χ1n) is 36.2. The summed E-state index contributed by atoms with van der Waals surface area (Å²) in [5.41, 5.74) is 3.87. The third-order valence-electron chi connectivity index (χ3n) is 15.2. The number of ether oxygens (including phenoxy) is 2. The van der Waals surface area contributed by atoms with Gasteiger partial charge < -0.3 is 19.7 Å². The number of aliphatic hydroxyl groups is 2. The summed E-state index contributed by atoms with van der Waals surface area (Å²) in [4.78, 5) is 83.2. The molecule has 0 atom stereocenters. The largest absolute Gasteiger partial charge is 0.454 e. The maximum atomic E-state index is 9.05. The van der Waals surface area contributed by atoms with Gasteiger partial charge in [0.1, 0.15) is 12.2 Å². The first-order chi connectivity index (χ1) is 66.2. The van der Waals surface area contributed by atoms with E-state index in [2.05, 4.69) is 105 Å². The molecule has 8 heterocycles. The maximum Gasteiger partial charge on any atom is 0.250 e. The zero-order valence-electron chi connectivity index (χ0n) is 68.8. The summed E-state index contributed by atoms with van der Waals surface area (Å²) in [5.74, 6) is 0.743. The number of nitrogens with zero attached hydrogens (tertiary/aromatic N) is 21. The molecule has 0 bridgehead atoms. The lowest BCUT2D eigenvalue weighted by molar-refractivity contribution is 0.174. The van der Waals surface area contributed by atoms with Crippen molar-refractivity contribution in [3.63, 3.8) is 0 Å². The normalized spacial score (nSPS) is 12.7. The summed E-state index contributed by atoms with van der Waals surface area (Å²) in [5, 5.41) is 18.5. The van der Waals surface area contributed by atoms with Crippen molar-refractivity contribution in [3.05, 3.63) is 244 Å². The molecule has 0 aliphatic carbocycles. The fourth-order valence-corrected chi connectivity index (χ4v) is 13.2. The molecule has 0 fully saturated rings. The minimum absolute atomic E-state index is 0.0821. The molecule has 0 radical (unpaired) electrons. The first kappa shape index (κ1) is 135. The molecule has 14 rings (SSSR count). The van der Waals surface area contributed by atoms with E-state index in [-0.39, 0.29) is 124 Å². The van der Waals surface area contributed by atoms with Crippen molar-refractivity contribution in [1.29, 1.82) is 0 Å². The lowest BCUT2D eigenvalue weighted by atomic mass is 10.0. The minimum Gasteiger partial charge on any atom is -0.454 e. The van der Waals surface area contributed by atoms with Gasteiger partial charge in [0, 0.05) is 39.9 Å². The van der Waals surface area contributed by atoms with Gasteiger partial charge in [-0.2, -0.15) is 0 Å². The first-order valence-corrected chi connectivity index (χ1v) is 53.8. The standard InChI is InChI=1S/C15H7Cl6N3.C12H5Cl6N3O2.C12H7Cl6N3O.C11H4Cl7N3.C11H5Cl6N3.C6H3Cl6N3.C5HCl6N3.CHCl3.CH4O/c16-14(17,18)12-22-11(23-13(24-12)15(19,20)21)10-7-3-5-8-4-1-2-6-9(8)10;13-11(14,15)9-19-8(20-10(21-9)12(16,17)18)5-1-2-6-7(3-5)23-4-22-6;13-11(14,15)9-19-8(20-10(21-9)12(16,17)18)7-3-1-6(5-22)2-4-7;12-6-3-1-5(2-4-6)7-19-8(10(13,14)15)21-9(20-7)11(16,17)18;12-10(13,14)8-18-7(6-4-2-1-3-5-6)19-9(20-8)11(15,16)17;1-2-13-3(5(7,8)9)15-4(14-2)6(10,11)12;6-4(7,8)2-12-1-13-3(14-2)5(9,10)11;2-1(3)4;1-2/h1-7H;1-3H,4H2;1-4,22H,5H2;1-4H;1-5H;1H3;1H;1H;2H,1H3. The van der Waals surface area contributed by atoms with Crippen LogP contribution < -0.4 is 9.47 Å². The van der Waals surface area contributed by atoms with Crippen molar-refractivity contribution in [3.8, 4) is 68.4 Å². The van der Waals surface area contributed by atoms with Crippen LogP contribution in [0.15, 0.2) is 146 Å². The molecule has 7 aromatic heterocycles. The Morgan fingerprint density at radius 3 is 0.807 bits per heavy atom. The number of benzene rings is 6. The van der Waals surface area contributed by atoms with E-state index in [1.165, 1.54) is 0 Å². The third-order valence-corrected chi connectivity index (χ3v) is 22.6. The summed E-state index contributed by atoms with van der Waals surface area (Å²) < 4.78 is -16.1. The Bertz CT molecular complexity index is 6240. The highest BCUT2D eigenvalue weighted by atomic mass is 35.6. The van der Waals surface area contributed by atoms with Crippen LogP contribution in [0.2, 0.25) is 5.02 Å². The Kier molecular flexibility index (Phi) is 53.3. The van der Waals surface area contributed by atoms with E-state index < -0.39 is 57.4 Å². The molecular formula is C74H37Cl46N21O4. The number of alkyl halides is 45. The quantitative estimate of drug-likeness (QED) is 0.146. The number of hydrogen-bond acceptors (Lipinski definition) is 25. The Hall–Kier alpha value is 1.51. The number of aryl methyl sites for hydroxylation is 1. The van der Waals surface area contributed by atoms with Gasteiger partial charge in [-0.3, -0.25) is 0 Å². The molecule has 25 nitrogen and oxygen atoms in total. The number of halogens is 46. The second-order valence-electron chi connectivity index (χ2n) is 25.7. The van der Waals surface area contributed by atoms with Gasteiger partial charge in [-0.25, -0.2) is 105 Å². The van der Waals surface area contributed by atoms with E-state index in [1.54, 1.807) is 85.8 Å². The van der Waals surface area contributed by atoms with Crippen LogP contribution in [-0.2, 0) is 59.7 Å². The number of aliphatic hydroxyl groups excluding tert-OH is 2. The average molecular weight is 2920 g/mol. The highest BCUT2D eigenvalue weighted by molar-refractivity contribution is 6.73. The maximum absolute atomic E-state index is 9.05. The smallest absolute Gasteiger partial charge is 0.250 e. The van der Waals surface area contributed by atoms with Gasteiger partial charge in [-0.15, -0.1) is 0 Å². The van der Waals surface area contributed by atoms with E-state index >= 15 is 0 Å². The van der Waals surface area contributed by atoms with Crippen molar-refractivity contribution in [2.45, 2.75) is 70.9 Å². The molecule has 1 aliphatic rings. The Morgan fingerprint density at radius 1 is 0.262 bits per heavy atom. The Morgan fingerprint density at radius 2 is 0.503 bits per heavy atom. The summed E-state index contributed by atoms with van der Waals surface area (Å²) in [6.45, 7) is 1.62. The van der Waals surface area contributed by atoms with E-state index in [4.69, 9.17) is 553 Å². The van der Waals surface area contributed by atoms with Gasteiger partial charge in [-0.1, -0.05) is 631 Å². The van der Waals surface area contributed by atoms with Gasteiger partial charge >= 0.3 is 0 Å². The Labute approximate surface area is 1050 Å². The van der Waals surface area contributed by atoms with Gasteiger partial charge in [0.25, 0.3) is 0 Å². The van der Waals surface area contributed by atoms with Crippen molar-refractivity contribution in [2.75, 3.05) is 13.9 Å². The van der Waals surface area contributed by atoms with Crippen molar-refractivity contribution in [1.82, 2.24) is 105 Å². The van der Waals surface area contributed by atoms with Gasteiger partial charge in [-0.05, 0) is 65.7 Å². The van der Waals surface area contributed by atoms with E-state index in [0.717, 1.165) is 29.8 Å². The molecule has 2 N–H and O–H groups in total. The number of aromatic nitrogens is 21. The summed E-state index contributed by atoms with van der Waals surface area (Å²) in [6.07, 6.45) is 1.10. The number of fused-ring (bicyclic) bond motifs is 2. The second kappa shape index (κ2) is 57.2. The highest BCUT2D eigenvalue weighted by Gasteiger charge is 2.42. The van der Waals surface area contributed by atoms with Gasteiger partial charge in [0.05, 0.1) is 6.61 Å².